The normalized spacial score (nSPS) is 15.8. The summed E-state index contributed by atoms with van der Waals surface area (Å²) in [6.45, 7) is 5.12. The van der Waals surface area contributed by atoms with E-state index in [1.54, 1.807) is 11.3 Å². The maximum Gasteiger partial charge on any atom is 0.183 e. The summed E-state index contributed by atoms with van der Waals surface area (Å²) in [5.41, 5.74) is 1.29. The lowest BCUT2D eigenvalue weighted by molar-refractivity contribution is 0.644. The van der Waals surface area contributed by atoms with Crippen LogP contribution < -0.4 is 10.6 Å². The molecule has 0 aliphatic carbocycles. The maximum absolute atomic E-state index is 4.51. The molecule has 0 fully saturated rings. The first kappa shape index (κ1) is 8.01. The van der Waals surface area contributed by atoms with Crippen LogP contribution in [0.1, 0.15) is 17.5 Å². The first-order valence-electron chi connectivity index (χ1n) is 4.33. The molecule has 3 nitrogen and oxygen atoms in total. The molecular weight excluding hydrogens is 170 g/mol. The van der Waals surface area contributed by atoms with E-state index in [1.165, 1.54) is 10.6 Å². The first-order valence-corrected chi connectivity index (χ1v) is 5.15. The Kier molecular flexibility index (Phi) is 2.28. The molecule has 2 rings (SSSR count). The van der Waals surface area contributed by atoms with E-state index in [-0.39, 0.29) is 0 Å². The highest BCUT2D eigenvalue weighted by molar-refractivity contribution is 7.15. The SMILES string of the molecule is CCNc1nc2c(s1)CNCC2. The van der Waals surface area contributed by atoms with Crippen LogP contribution in [0.3, 0.4) is 0 Å². The zero-order valence-corrected chi connectivity index (χ0v) is 8.00. The van der Waals surface area contributed by atoms with Crippen molar-refractivity contribution in [3.05, 3.63) is 10.6 Å². The van der Waals surface area contributed by atoms with Gasteiger partial charge in [-0.2, -0.15) is 0 Å². The Bertz CT molecular complexity index is 246. The Balaban J connectivity index is 2.20. The highest BCUT2D eigenvalue weighted by atomic mass is 32.1. The van der Waals surface area contributed by atoms with Gasteiger partial charge in [0.15, 0.2) is 5.13 Å². The largest absolute Gasteiger partial charge is 0.362 e. The monoisotopic (exact) mass is 183 g/mol. The Morgan fingerprint density at radius 2 is 2.58 bits per heavy atom. The van der Waals surface area contributed by atoms with E-state index >= 15 is 0 Å². The van der Waals surface area contributed by atoms with E-state index in [4.69, 9.17) is 0 Å². The summed E-state index contributed by atoms with van der Waals surface area (Å²) in [5.74, 6) is 0. The van der Waals surface area contributed by atoms with Crippen LogP contribution >= 0.6 is 11.3 Å². The van der Waals surface area contributed by atoms with Gasteiger partial charge in [0, 0.05) is 30.9 Å². The topological polar surface area (TPSA) is 37.0 Å². The minimum Gasteiger partial charge on any atom is -0.362 e. The fraction of sp³-hybridized carbons (Fsp3) is 0.625. The predicted molar refractivity (Wildman–Crippen MR) is 51.7 cm³/mol. The second-order valence-corrected chi connectivity index (χ2v) is 3.93. The van der Waals surface area contributed by atoms with E-state index in [1.807, 2.05) is 0 Å². The summed E-state index contributed by atoms with van der Waals surface area (Å²) in [5, 5.41) is 7.66. The van der Waals surface area contributed by atoms with Crippen molar-refractivity contribution in [3.8, 4) is 0 Å². The Labute approximate surface area is 76.2 Å². The molecule has 1 aliphatic heterocycles. The lowest BCUT2D eigenvalue weighted by Crippen LogP contribution is -2.22. The van der Waals surface area contributed by atoms with Crippen LogP contribution in [0, 0.1) is 0 Å². The second kappa shape index (κ2) is 3.41. The number of hydrogen-bond acceptors (Lipinski definition) is 4. The Morgan fingerprint density at radius 3 is 3.33 bits per heavy atom. The lowest BCUT2D eigenvalue weighted by Gasteiger charge is -2.09. The Morgan fingerprint density at radius 1 is 1.67 bits per heavy atom. The smallest absolute Gasteiger partial charge is 0.183 e. The average molecular weight is 183 g/mol. The Hall–Kier alpha value is -0.610. The molecule has 12 heavy (non-hydrogen) atoms. The van der Waals surface area contributed by atoms with Crippen LogP contribution in [0.4, 0.5) is 5.13 Å². The number of aromatic nitrogens is 1. The minimum absolute atomic E-state index is 0.958. The molecule has 0 saturated heterocycles. The van der Waals surface area contributed by atoms with Crippen molar-refractivity contribution in [2.75, 3.05) is 18.4 Å². The summed E-state index contributed by atoms with van der Waals surface area (Å²) in [6, 6.07) is 0. The molecule has 1 aromatic heterocycles. The van der Waals surface area contributed by atoms with Crippen molar-refractivity contribution >= 4 is 16.5 Å². The molecule has 0 unspecified atom stereocenters. The minimum atomic E-state index is 0.958. The second-order valence-electron chi connectivity index (χ2n) is 2.85. The van der Waals surface area contributed by atoms with Crippen molar-refractivity contribution in [2.45, 2.75) is 19.9 Å². The van der Waals surface area contributed by atoms with Crippen LogP contribution in [0.5, 0.6) is 0 Å². The lowest BCUT2D eigenvalue weighted by atomic mass is 10.2. The van der Waals surface area contributed by atoms with Gasteiger partial charge in [0.2, 0.25) is 0 Å². The fourth-order valence-corrected chi connectivity index (χ4v) is 2.40. The molecule has 0 spiro atoms. The van der Waals surface area contributed by atoms with Crippen LogP contribution in [-0.2, 0) is 13.0 Å². The molecule has 0 saturated carbocycles. The van der Waals surface area contributed by atoms with Crippen LogP contribution in [-0.4, -0.2) is 18.1 Å². The van der Waals surface area contributed by atoms with Gasteiger partial charge in [0.1, 0.15) is 0 Å². The van der Waals surface area contributed by atoms with E-state index in [0.29, 0.717) is 0 Å². The average Bonchev–Trinajstić information content (AvgIpc) is 2.47. The molecule has 1 aliphatic rings. The van der Waals surface area contributed by atoms with Crippen molar-refractivity contribution in [1.29, 1.82) is 0 Å². The highest BCUT2D eigenvalue weighted by Crippen LogP contribution is 2.24. The first-order chi connectivity index (χ1) is 5.90. The summed E-state index contributed by atoms with van der Waals surface area (Å²) in [7, 11) is 0. The van der Waals surface area contributed by atoms with Gasteiger partial charge in [-0.3, -0.25) is 0 Å². The highest BCUT2D eigenvalue weighted by Gasteiger charge is 2.13. The number of anilines is 1. The molecule has 0 bridgehead atoms. The third-order valence-corrected chi connectivity index (χ3v) is 2.99. The van der Waals surface area contributed by atoms with Crippen LogP contribution in [0.15, 0.2) is 0 Å². The maximum atomic E-state index is 4.51. The zero-order chi connectivity index (χ0) is 8.39. The zero-order valence-electron chi connectivity index (χ0n) is 7.18. The van der Waals surface area contributed by atoms with Gasteiger partial charge >= 0.3 is 0 Å². The van der Waals surface area contributed by atoms with Gasteiger partial charge in [0.25, 0.3) is 0 Å². The molecule has 66 valence electrons. The third kappa shape index (κ3) is 1.44. The summed E-state index contributed by atoms with van der Waals surface area (Å²) in [4.78, 5) is 5.91. The summed E-state index contributed by atoms with van der Waals surface area (Å²) >= 11 is 1.78. The van der Waals surface area contributed by atoms with Crippen molar-refractivity contribution in [2.24, 2.45) is 0 Å². The molecule has 2 heterocycles. The summed E-state index contributed by atoms with van der Waals surface area (Å²) < 4.78 is 0. The molecule has 2 N–H and O–H groups in total. The van der Waals surface area contributed by atoms with E-state index in [2.05, 4.69) is 22.5 Å². The van der Waals surface area contributed by atoms with Gasteiger partial charge in [-0.25, -0.2) is 4.98 Å². The molecule has 0 amide bonds. The molecular formula is C8H13N3S. The number of fused-ring (bicyclic) bond motifs is 1. The molecule has 4 heteroatoms. The molecule has 0 radical (unpaired) electrons. The molecule has 0 atom stereocenters. The fourth-order valence-electron chi connectivity index (χ4n) is 1.35. The summed E-state index contributed by atoms with van der Waals surface area (Å²) in [6.07, 6.45) is 1.08. The number of nitrogens with one attached hydrogen (secondary N) is 2. The van der Waals surface area contributed by atoms with E-state index in [9.17, 15) is 0 Å². The molecule has 0 aromatic carbocycles. The van der Waals surface area contributed by atoms with Crippen molar-refractivity contribution in [3.63, 3.8) is 0 Å². The van der Waals surface area contributed by atoms with Gasteiger partial charge in [-0.05, 0) is 6.92 Å². The van der Waals surface area contributed by atoms with Gasteiger partial charge in [-0.1, -0.05) is 0 Å². The van der Waals surface area contributed by atoms with Crippen LogP contribution in [0.25, 0.3) is 0 Å². The van der Waals surface area contributed by atoms with Gasteiger partial charge in [-0.15, -0.1) is 11.3 Å². The van der Waals surface area contributed by atoms with E-state index < -0.39 is 0 Å². The predicted octanol–water partition coefficient (Wildman–Crippen LogP) is 1.22. The number of thiazole rings is 1. The number of nitrogens with zero attached hydrogens (tertiary/aromatic N) is 1. The van der Waals surface area contributed by atoms with Crippen molar-refractivity contribution < 1.29 is 0 Å². The third-order valence-electron chi connectivity index (χ3n) is 1.93. The standard InChI is InChI=1S/C8H13N3S/c1-2-10-8-11-6-3-4-9-5-7(6)12-8/h9H,2-5H2,1H3,(H,10,11). The number of rotatable bonds is 2. The quantitative estimate of drug-likeness (QED) is 0.724. The van der Waals surface area contributed by atoms with E-state index in [0.717, 1.165) is 31.2 Å². The number of hydrogen-bond donors (Lipinski definition) is 2. The molecule has 1 aromatic rings. The van der Waals surface area contributed by atoms with Crippen molar-refractivity contribution in [1.82, 2.24) is 10.3 Å². The van der Waals surface area contributed by atoms with Gasteiger partial charge in [0.05, 0.1) is 5.69 Å². The van der Waals surface area contributed by atoms with Crippen LogP contribution in [0.2, 0.25) is 0 Å². The van der Waals surface area contributed by atoms with Gasteiger partial charge < -0.3 is 10.6 Å².